The van der Waals surface area contributed by atoms with Crippen molar-refractivity contribution in [3.8, 4) is 17.2 Å². The highest BCUT2D eigenvalue weighted by Crippen LogP contribution is 2.30. The molecule has 0 atom stereocenters. The Bertz CT molecular complexity index is 1340. The summed E-state index contributed by atoms with van der Waals surface area (Å²) in [6.45, 7) is 4.19. The number of nitro benzene ring substituents is 1. The second-order valence-electron chi connectivity index (χ2n) is 7.51. The Kier molecular flexibility index (Phi) is 6.26. The third-order valence-corrected chi connectivity index (χ3v) is 4.91. The van der Waals surface area contributed by atoms with Crippen molar-refractivity contribution in [3.63, 3.8) is 0 Å². The molecule has 0 saturated carbocycles. The van der Waals surface area contributed by atoms with Crippen molar-refractivity contribution in [3.05, 3.63) is 88.0 Å². The smallest absolute Gasteiger partial charge is 0.276 e. The Morgan fingerprint density at radius 3 is 2.41 bits per heavy atom. The maximum absolute atomic E-state index is 12.7. The first-order chi connectivity index (χ1) is 16.3. The van der Waals surface area contributed by atoms with E-state index in [1.165, 1.54) is 18.2 Å². The number of anilines is 1. The second kappa shape index (κ2) is 9.45. The van der Waals surface area contributed by atoms with Gasteiger partial charge in [-0.05, 0) is 50.2 Å². The first-order valence-electron chi connectivity index (χ1n) is 10.3. The van der Waals surface area contributed by atoms with Crippen LogP contribution < -0.4 is 14.8 Å². The molecule has 11 nitrogen and oxygen atoms in total. The topological polar surface area (TPSA) is 126 Å². The van der Waals surface area contributed by atoms with Gasteiger partial charge in [-0.15, -0.1) is 0 Å². The lowest BCUT2D eigenvalue weighted by atomic mass is 10.2. The fourth-order valence-corrected chi connectivity index (χ4v) is 3.31. The number of ether oxygens (including phenoxy) is 2. The number of non-ortho nitro benzene ring substituents is 1. The number of carbonyl (C=O) groups excluding carboxylic acids is 1. The predicted molar refractivity (Wildman–Crippen MR) is 123 cm³/mol. The summed E-state index contributed by atoms with van der Waals surface area (Å²) in [6.07, 6.45) is 1.66. The molecule has 2 aromatic carbocycles. The fraction of sp³-hybridized carbons (Fsp3) is 0.174. The van der Waals surface area contributed by atoms with Crippen LogP contribution in [-0.2, 0) is 6.67 Å². The lowest BCUT2D eigenvalue weighted by Crippen LogP contribution is -2.15. The first kappa shape index (κ1) is 22.5. The number of aromatic nitrogens is 4. The number of nitro groups is 1. The van der Waals surface area contributed by atoms with Crippen molar-refractivity contribution >= 4 is 17.3 Å². The van der Waals surface area contributed by atoms with E-state index in [9.17, 15) is 14.9 Å². The third-order valence-electron chi connectivity index (χ3n) is 4.91. The molecule has 0 saturated heterocycles. The molecule has 1 amide bonds. The molecule has 0 unspecified atom stereocenters. The molecule has 0 aliphatic rings. The molecule has 0 aliphatic carbocycles. The van der Waals surface area contributed by atoms with Crippen LogP contribution in [0.5, 0.6) is 17.2 Å². The Morgan fingerprint density at radius 1 is 1.03 bits per heavy atom. The number of benzene rings is 2. The van der Waals surface area contributed by atoms with E-state index in [4.69, 9.17) is 9.47 Å². The first-order valence-corrected chi connectivity index (χ1v) is 10.3. The molecule has 174 valence electrons. The van der Waals surface area contributed by atoms with E-state index in [-0.39, 0.29) is 22.8 Å². The lowest BCUT2D eigenvalue weighted by Gasteiger charge is -2.09. The van der Waals surface area contributed by atoms with Gasteiger partial charge in [0.2, 0.25) is 0 Å². The van der Waals surface area contributed by atoms with Gasteiger partial charge in [-0.25, -0.2) is 4.68 Å². The van der Waals surface area contributed by atoms with Crippen LogP contribution in [0.4, 0.5) is 11.4 Å². The molecule has 0 fully saturated rings. The van der Waals surface area contributed by atoms with Crippen molar-refractivity contribution < 1.29 is 19.2 Å². The summed E-state index contributed by atoms with van der Waals surface area (Å²) < 4.78 is 14.2. The van der Waals surface area contributed by atoms with Gasteiger partial charge in [0.1, 0.15) is 23.9 Å². The summed E-state index contributed by atoms with van der Waals surface area (Å²) in [6, 6.07) is 14.3. The second-order valence-corrected chi connectivity index (χ2v) is 7.51. The number of methoxy groups -OCH3 is 1. The van der Waals surface area contributed by atoms with Crippen molar-refractivity contribution in [1.29, 1.82) is 0 Å². The van der Waals surface area contributed by atoms with Crippen LogP contribution in [0.25, 0.3) is 0 Å². The summed E-state index contributed by atoms with van der Waals surface area (Å²) >= 11 is 0. The van der Waals surface area contributed by atoms with E-state index < -0.39 is 10.8 Å². The SMILES string of the molecule is COc1ccc(Oc2cc(NC(=O)c3ccn(Cn4nc(C)cc4C)n3)cc([N+](=O)[O-])c2)cc1. The van der Waals surface area contributed by atoms with Crippen molar-refractivity contribution in [2.24, 2.45) is 0 Å². The normalized spacial score (nSPS) is 10.7. The van der Waals surface area contributed by atoms with Gasteiger partial charge in [-0.2, -0.15) is 10.2 Å². The minimum atomic E-state index is -0.556. The van der Waals surface area contributed by atoms with E-state index in [1.807, 2.05) is 19.9 Å². The Morgan fingerprint density at radius 2 is 1.76 bits per heavy atom. The van der Waals surface area contributed by atoms with Crippen LogP contribution in [0.1, 0.15) is 21.9 Å². The Hall–Kier alpha value is -4.67. The van der Waals surface area contributed by atoms with Gasteiger partial charge in [-0.3, -0.25) is 19.6 Å². The van der Waals surface area contributed by atoms with E-state index >= 15 is 0 Å². The largest absolute Gasteiger partial charge is 0.497 e. The number of aryl methyl sites for hydroxylation is 2. The molecular weight excluding hydrogens is 440 g/mol. The van der Waals surface area contributed by atoms with Crippen LogP contribution in [0.3, 0.4) is 0 Å². The molecule has 0 spiro atoms. The summed E-state index contributed by atoms with van der Waals surface area (Å²) in [7, 11) is 1.55. The average molecular weight is 462 g/mol. The lowest BCUT2D eigenvalue weighted by molar-refractivity contribution is -0.384. The molecule has 2 heterocycles. The number of hydrogen-bond donors (Lipinski definition) is 1. The van der Waals surface area contributed by atoms with E-state index in [0.29, 0.717) is 18.2 Å². The minimum absolute atomic E-state index is 0.158. The van der Waals surface area contributed by atoms with Gasteiger partial charge in [0, 0.05) is 24.0 Å². The zero-order chi connectivity index (χ0) is 24.2. The van der Waals surface area contributed by atoms with Gasteiger partial charge in [-0.1, -0.05) is 0 Å². The summed E-state index contributed by atoms with van der Waals surface area (Å²) in [5.74, 6) is 0.797. The molecule has 0 aliphatic heterocycles. The standard InChI is InChI=1S/C23H22N6O5/c1-15-10-16(2)28(25-15)14-27-9-8-22(26-27)23(30)24-17-11-18(29(31)32)13-21(12-17)34-20-6-4-19(33-3)5-7-20/h4-13H,14H2,1-3H3,(H,24,30). The molecule has 34 heavy (non-hydrogen) atoms. The van der Waals surface area contributed by atoms with Gasteiger partial charge in [0.15, 0.2) is 5.69 Å². The quantitative estimate of drug-likeness (QED) is 0.308. The Labute approximate surface area is 194 Å². The van der Waals surface area contributed by atoms with Crippen LogP contribution in [0.2, 0.25) is 0 Å². The zero-order valence-electron chi connectivity index (χ0n) is 18.8. The minimum Gasteiger partial charge on any atom is -0.497 e. The van der Waals surface area contributed by atoms with Gasteiger partial charge in [0.05, 0.1) is 29.5 Å². The van der Waals surface area contributed by atoms with Crippen LogP contribution in [-0.4, -0.2) is 37.5 Å². The highest BCUT2D eigenvalue weighted by atomic mass is 16.6. The number of nitrogens with one attached hydrogen (secondary N) is 1. The average Bonchev–Trinajstić information content (AvgIpc) is 3.40. The van der Waals surface area contributed by atoms with E-state index in [1.54, 1.807) is 53.0 Å². The Balaban J connectivity index is 1.51. The molecule has 1 N–H and O–H groups in total. The molecular formula is C23H22N6O5. The van der Waals surface area contributed by atoms with Gasteiger partial charge >= 0.3 is 0 Å². The van der Waals surface area contributed by atoms with Crippen LogP contribution in [0, 0.1) is 24.0 Å². The molecule has 0 radical (unpaired) electrons. The maximum Gasteiger partial charge on any atom is 0.276 e. The van der Waals surface area contributed by atoms with Crippen molar-refractivity contribution in [2.75, 3.05) is 12.4 Å². The van der Waals surface area contributed by atoms with Gasteiger partial charge < -0.3 is 14.8 Å². The van der Waals surface area contributed by atoms with Crippen molar-refractivity contribution in [2.45, 2.75) is 20.5 Å². The predicted octanol–water partition coefficient (Wildman–Crippen LogP) is 4.16. The molecule has 0 bridgehead atoms. The maximum atomic E-state index is 12.7. The monoisotopic (exact) mass is 462 g/mol. The summed E-state index contributed by atoms with van der Waals surface area (Å²) in [4.78, 5) is 23.6. The molecule has 2 aromatic heterocycles. The fourth-order valence-electron chi connectivity index (χ4n) is 3.31. The third kappa shape index (κ3) is 5.21. The molecule has 4 rings (SSSR count). The molecule has 11 heteroatoms. The van der Waals surface area contributed by atoms with Gasteiger partial charge in [0.25, 0.3) is 11.6 Å². The summed E-state index contributed by atoms with van der Waals surface area (Å²) in [5, 5.41) is 22.7. The van der Waals surface area contributed by atoms with Crippen LogP contribution in [0.15, 0.2) is 60.8 Å². The number of carbonyl (C=O) groups is 1. The number of nitrogens with zero attached hydrogens (tertiary/aromatic N) is 5. The van der Waals surface area contributed by atoms with Crippen molar-refractivity contribution in [1.82, 2.24) is 19.6 Å². The summed E-state index contributed by atoms with van der Waals surface area (Å²) in [5.41, 5.74) is 2.00. The van der Waals surface area contributed by atoms with Crippen LogP contribution >= 0.6 is 0 Å². The molecule has 4 aromatic rings. The zero-order valence-corrected chi connectivity index (χ0v) is 18.8. The number of hydrogen-bond acceptors (Lipinski definition) is 7. The highest BCUT2D eigenvalue weighted by Gasteiger charge is 2.16. The van der Waals surface area contributed by atoms with E-state index in [0.717, 1.165) is 11.4 Å². The van der Waals surface area contributed by atoms with E-state index in [2.05, 4.69) is 15.5 Å². The number of rotatable bonds is 8. The number of amides is 1. The highest BCUT2D eigenvalue weighted by molar-refractivity contribution is 6.03.